The van der Waals surface area contributed by atoms with Crippen molar-refractivity contribution in [2.24, 2.45) is 0 Å². The molecule has 2 saturated heterocycles. The van der Waals surface area contributed by atoms with Gasteiger partial charge >= 0.3 is 11.9 Å². The number of aliphatic hydroxyl groups is 5. The second kappa shape index (κ2) is 13.9. The minimum absolute atomic E-state index is 0.0224. The normalized spacial score (nSPS) is 30.4. The molecule has 0 radical (unpaired) electrons. The molecule has 1 aromatic heterocycles. The molecule has 0 amide bonds. The molecule has 10 atom stereocenters. The highest BCUT2D eigenvalue weighted by molar-refractivity contribution is 5.86. The molecule has 2 aliphatic heterocycles. The van der Waals surface area contributed by atoms with Crippen LogP contribution in [0, 0.1) is 0 Å². The van der Waals surface area contributed by atoms with Crippen molar-refractivity contribution in [2.75, 3.05) is 21.3 Å². The number of hydrogen-bond acceptors (Lipinski definition) is 18. The number of rotatable bonds is 8. The number of hydrogen-bond donors (Lipinski definition) is 7. The topological polar surface area (TPSA) is 271 Å². The lowest BCUT2D eigenvalue weighted by molar-refractivity contribution is -0.350. The molecule has 0 spiro atoms. The van der Waals surface area contributed by atoms with Gasteiger partial charge in [0.15, 0.2) is 41.5 Å². The summed E-state index contributed by atoms with van der Waals surface area (Å²) in [5, 5.41) is 73.5. The molecule has 0 saturated carbocycles. The van der Waals surface area contributed by atoms with Gasteiger partial charge in [0.25, 0.3) is 0 Å². The number of methoxy groups -OCH3 is 3. The molecule has 5 rings (SSSR count). The third-order valence-electron chi connectivity index (χ3n) is 7.77. The molecule has 0 bridgehead atoms. The number of carbonyl (C=O) groups is 2. The highest BCUT2D eigenvalue weighted by Crippen LogP contribution is 2.36. The zero-order chi connectivity index (χ0) is 35.0. The van der Waals surface area contributed by atoms with Gasteiger partial charge in [0.1, 0.15) is 58.7 Å². The van der Waals surface area contributed by atoms with Gasteiger partial charge in [0.2, 0.25) is 6.29 Å². The SMILES string of the molecule is COC(=O)[C@H]1O[C@@H](O[C@H]2[C@H](Oc3cc(O)c4c(=O)cc(-c5ccc(OC)c(O)c5)oc4c3)O[C@H](C(=O)OC)[C@@H](O)[C@@H]2O)[C@H](O)[C@@H](O)[C@@H]1O. The van der Waals surface area contributed by atoms with Crippen molar-refractivity contribution in [1.29, 1.82) is 0 Å². The van der Waals surface area contributed by atoms with Gasteiger partial charge < -0.3 is 73.3 Å². The standard InChI is InChI=1S/C30H32O18/c1-41-15-5-4-10(6-12(15)31)16-9-14(33)18-13(32)7-11(8-17(18)45-16)44-30-26(22(37)21(36)25(47-30)28(40)43-3)48-29-23(38)19(34)20(35)24(46-29)27(39)42-2/h4-9,19-26,29-32,34-38H,1-3H3/t19-,20-,21-,22-,23+,24-,25-,26+,29-,30+/m0/s1. The Bertz CT molecular complexity index is 1720. The maximum atomic E-state index is 13.0. The van der Waals surface area contributed by atoms with Gasteiger partial charge in [-0.05, 0) is 18.2 Å². The third kappa shape index (κ3) is 6.47. The summed E-state index contributed by atoms with van der Waals surface area (Å²) in [7, 11) is 3.31. The highest BCUT2D eigenvalue weighted by atomic mass is 16.8. The molecule has 0 unspecified atom stereocenters. The number of ether oxygens (including phenoxy) is 7. The van der Waals surface area contributed by atoms with E-state index in [2.05, 4.69) is 9.47 Å². The first-order valence-corrected chi connectivity index (χ1v) is 14.2. The number of aliphatic hydroxyl groups excluding tert-OH is 5. The Morgan fingerprint density at radius 1 is 0.729 bits per heavy atom. The number of esters is 2. The average molecular weight is 681 g/mol. The quantitative estimate of drug-likeness (QED) is 0.130. The van der Waals surface area contributed by atoms with E-state index in [1.807, 2.05) is 0 Å². The van der Waals surface area contributed by atoms with Gasteiger partial charge in [-0.1, -0.05) is 0 Å². The van der Waals surface area contributed by atoms with E-state index in [9.17, 15) is 50.1 Å². The van der Waals surface area contributed by atoms with Gasteiger partial charge in [0.05, 0.1) is 21.3 Å². The predicted octanol–water partition coefficient (Wildman–Crippen LogP) is -1.76. The first-order valence-electron chi connectivity index (χ1n) is 14.2. The molecule has 18 heteroatoms. The fourth-order valence-corrected chi connectivity index (χ4v) is 5.24. The lowest BCUT2D eigenvalue weighted by Crippen LogP contribution is -2.66. The molecule has 2 fully saturated rings. The summed E-state index contributed by atoms with van der Waals surface area (Å²) in [4.78, 5) is 37.5. The van der Waals surface area contributed by atoms with Crippen LogP contribution in [0.2, 0.25) is 0 Å². The van der Waals surface area contributed by atoms with Crippen LogP contribution in [0.5, 0.6) is 23.0 Å². The molecule has 260 valence electrons. The van der Waals surface area contributed by atoms with Crippen molar-refractivity contribution in [3.8, 4) is 34.3 Å². The molecule has 3 heterocycles. The zero-order valence-corrected chi connectivity index (χ0v) is 25.4. The first-order chi connectivity index (χ1) is 22.8. The maximum absolute atomic E-state index is 13.0. The van der Waals surface area contributed by atoms with Crippen molar-refractivity contribution < 1.29 is 82.9 Å². The number of fused-ring (bicyclic) bond motifs is 1. The zero-order valence-electron chi connectivity index (χ0n) is 25.4. The molecule has 3 aromatic rings. The van der Waals surface area contributed by atoms with Crippen molar-refractivity contribution >= 4 is 22.9 Å². The van der Waals surface area contributed by atoms with Crippen molar-refractivity contribution in [3.63, 3.8) is 0 Å². The summed E-state index contributed by atoms with van der Waals surface area (Å²) < 4.78 is 42.4. The molecule has 48 heavy (non-hydrogen) atoms. The van der Waals surface area contributed by atoms with Crippen LogP contribution in [-0.4, -0.2) is 130 Å². The van der Waals surface area contributed by atoms with E-state index in [-0.39, 0.29) is 39.5 Å². The lowest BCUT2D eigenvalue weighted by Gasteiger charge is -2.45. The van der Waals surface area contributed by atoms with Crippen LogP contribution < -0.4 is 14.9 Å². The third-order valence-corrected chi connectivity index (χ3v) is 7.77. The number of carbonyl (C=O) groups excluding carboxylic acids is 2. The minimum atomic E-state index is -2.05. The van der Waals surface area contributed by atoms with Crippen LogP contribution >= 0.6 is 0 Å². The fourth-order valence-electron chi connectivity index (χ4n) is 5.24. The number of benzene rings is 2. The number of phenols is 2. The van der Waals surface area contributed by atoms with E-state index in [4.69, 9.17) is 28.1 Å². The van der Waals surface area contributed by atoms with Gasteiger partial charge in [0, 0.05) is 23.8 Å². The molecule has 18 nitrogen and oxygen atoms in total. The van der Waals surface area contributed by atoms with Crippen LogP contribution in [0.4, 0.5) is 0 Å². The summed E-state index contributed by atoms with van der Waals surface area (Å²) in [6.07, 6.45) is -19.5. The predicted molar refractivity (Wildman–Crippen MR) is 155 cm³/mol. The molecule has 7 N–H and O–H groups in total. The van der Waals surface area contributed by atoms with Gasteiger partial charge in [-0.25, -0.2) is 9.59 Å². The summed E-state index contributed by atoms with van der Waals surface area (Å²) in [5.74, 6) is -3.30. The second-order valence-corrected chi connectivity index (χ2v) is 10.7. The van der Waals surface area contributed by atoms with Gasteiger partial charge in [-0.15, -0.1) is 0 Å². The lowest BCUT2D eigenvalue weighted by atomic mass is 9.97. The van der Waals surface area contributed by atoms with Crippen molar-refractivity contribution in [1.82, 2.24) is 0 Å². The Kier molecular flexibility index (Phi) is 10.1. The van der Waals surface area contributed by atoms with Crippen LogP contribution in [0.3, 0.4) is 0 Å². The van der Waals surface area contributed by atoms with Crippen LogP contribution in [0.25, 0.3) is 22.3 Å². The molecule has 2 aliphatic rings. The summed E-state index contributed by atoms with van der Waals surface area (Å²) in [6.45, 7) is 0. The second-order valence-electron chi connectivity index (χ2n) is 10.7. The minimum Gasteiger partial charge on any atom is -0.507 e. The molecular weight excluding hydrogens is 648 g/mol. The molecule has 0 aliphatic carbocycles. The van der Waals surface area contributed by atoms with Crippen LogP contribution in [0.1, 0.15) is 0 Å². The number of aromatic hydroxyl groups is 2. The number of phenolic OH excluding ortho intramolecular Hbond substituents is 2. The van der Waals surface area contributed by atoms with E-state index < -0.39 is 84.5 Å². The Morgan fingerprint density at radius 3 is 1.96 bits per heavy atom. The monoisotopic (exact) mass is 680 g/mol. The molecular formula is C30H32O18. The summed E-state index contributed by atoms with van der Waals surface area (Å²) in [5.41, 5.74) is -0.622. The van der Waals surface area contributed by atoms with Crippen LogP contribution in [0.15, 0.2) is 45.6 Å². The van der Waals surface area contributed by atoms with Crippen molar-refractivity contribution in [2.45, 2.75) is 61.4 Å². The first kappa shape index (κ1) is 34.8. The molecule has 2 aromatic carbocycles. The van der Waals surface area contributed by atoms with E-state index >= 15 is 0 Å². The Morgan fingerprint density at radius 2 is 1.35 bits per heavy atom. The largest absolute Gasteiger partial charge is 0.507 e. The maximum Gasteiger partial charge on any atom is 0.337 e. The highest BCUT2D eigenvalue weighted by Gasteiger charge is 2.54. The van der Waals surface area contributed by atoms with E-state index in [0.29, 0.717) is 0 Å². The Hall–Kier alpha value is -4.53. The van der Waals surface area contributed by atoms with Crippen molar-refractivity contribution in [3.05, 3.63) is 46.6 Å². The average Bonchev–Trinajstić information content (AvgIpc) is 3.06. The Balaban J connectivity index is 1.51. The summed E-state index contributed by atoms with van der Waals surface area (Å²) >= 11 is 0. The van der Waals surface area contributed by atoms with Crippen LogP contribution in [-0.2, 0) is 33.3 Å². The summed E-state index contributed by atoms with van der Waals surface area (Å²) in [6, 6.07) is 7.42. The van der Waals surface area contributed by atoms with E-state index in [1.54, 1.807) is 0 Å². The van der Waals surface area contributed by atoms with Gasteiger partial charge in [-0.3, -0.25) is 4.79 Å². The van der Waals surface area contributed by atoms with E-state index in [1.165, 1.54) is 25.3 Å². The van der Waals surface area contributed by atoms with E-state index in [0.717, 1.165) is 32.4 Å². The Labute approximate surface area is 269 Å². The van der Waals surface area contributed by atoms with Gasteiger partial charge in [-0.2, -0.15) is 0 Å². The smallest absolute Gasteiger partial charge is 0.337 e. The fraction of sp³-hybridized carbons (Fsp3) is 0.433.